The van der Waals surface area contributed by atoms with Crippen molar-refractivity contribution in [3.8, 4) is 51.0 Å². The van der Waals surface area contributed by atoms with Crippen molar-refractivity contribution in [2.45, 2.75) is 4.43 Å². The van der Waals surface area contributed by atoms with E-state index < -0.39 is 0 Å². The lowest BCUT2D eigenvalue weighted by atomic mass is 9.87. The molecule has 0 fully saturated rings. The Hall–Kier alpha value is -6.12. The number of hydrogen-bond acceptors (Lipinski definition) is 4. The number of halogens is 1. The second-order valence-corrected chi connectivity index (χ2v) is 13.4. The van der Waals surface area contributed by atoms with E-state index in [4.69, 9.17) is 20.7 Å². The Morgan fingerprint density at radius 2 is 0.962 bits per heavy atom. The maximum atomic E-state index is 5.95. The summed E-state index contributed by atoms with van der Waals surface area (Å²) in [5.74, 6) is 0.808. The van der Waals surface area contributed by atoms with Gasteiger partial charge in [0.25, 0.3) is 0 Å². The van der Waals surface area contributed by atoms with Crippen molar-refractivity contribution in [2.75, 3.05) is 0 Å². The third kappa shape index (κ3) is 5.43. The normalized spacial score (nSPS) is 11.6. The first-order chi connectivity index (χ1) is 25.7. The van der Waals surface area contributed by atoms with Crippen LogP contribution in [0.5, 0.6) is 0 Å². The first kappa shape index (κ1) is 31.8. The van der Waals surface area contributed by atoms with Crippen molar-refractivity contribution < 1.29 is 0 Å². The Kier molecular flexibility index (Phi) is 8.29. The molecule has 2 N–H and O–H groups in total. The zero-order valence-corrected chi connectivity index (χ0v) is 30.3. The van der Waals surface area contributed by atoms with Crippen LogP contribution in [0.4, 0.5) is 0 Å². The number of fused-ring (bicyclic) bond motifs is 3. The average molecular weight is 782 g/mol. The molecule has 52 heavy (non-hydrogen) atoms. The molecule has 0 aliphatic carbocycles. The van der Waals surface area contributed by atoms with Gasteiger partial charge in [0.1, 0.15) is 5.82 Å². The van der Waals surface area contributed by atoms with Crippen molar-refractivity contribution >= 4 is 61.1 Å². The highest BCUT2D eigenvalue weighted by atomic mass is 127. The van der Waals surface area contributed by atoms with Crippen LogP contribution >= 0.6 is 22.6 Å². The molecule has 4 heterocycles. The predicted molar refractivity (Wildman–Crippen MR) is 224 cm³/mol. The minimum absolute atomic E-state index is 0.774. The summed E-state index contributed by atoms with van der Waals surface area (Å²) in [6.07, 6.45) is 3.56. The molecular formula is C46H32IN5. The van der Waals surface area contributed by atoms with Crippen LogP contribution in [-0.4, -0.2) is 19.5 Å². The van der Waals surface area contributed by atoms with Crippen molar-refractivity contribution in [3.63, 3.8) is 0 Å². The number of nitrogens with two attached hydrogens (primary N) is 1. The minimum Gasteiger partial charge on any atom is -0.405 e. The summed E-state index contributed by atoms with van der Waals surface area (Å²) in [6.45, 7) is 0. The summed E-state index contributed by atoms with van der Waals surface area (Å²) in [5, 5.41) is 5.93. The highest BCUT2D eigenvalue weighted by Crippen LogP contribution is 2.43. The third-order valence-electron chi connectivity index (χ3n) is 9.64. The molecule has 0 unspecified atom stereocenters. The molecular weight excluding hydrogens is 749 g/mol. The fraction of sp³-hybridized carbons (Fsp3) is 0.0217. The van der Waals surface area contributed by atoms with E-state index in [9.17, 15) is 0 Å². The van der Waals surface area contributed by atoms with E-state index in [0.717, 1.165) is 55.5 Å². The fourth-order valence-corrected chi connectivity index (χ4v) is 8.23. The number of para-hydroxylation sites is 1. The Morgan fingerprint density at radius 1 is 0.481 bits per heavy atom. The molecule has 0 radical (unpaired) electrons. The number of nitrogens with zero attached hydrogens (tertiary/aromatic N) is 4. The van der Waals surface area contributed by atoms with Gasteiger partial charge in [-0.1, -0.05) is 138 Å². The highest BCUT2D eigenvalue weighted by molar-refractivity contribution is 14.1. The van der Waals surface area contributed by atoms with Crippen molar-refractivity contribution in [1.29, 1.82) is 0 Å². The van der Waals surface area contributed by atoms with Gasteiger partial charge in [0, 0.05) is 15.4 Å². The molecule has 248 valence electrons. The Morgan fingerprint density at radius 3 is 1.56 bits per heavy atom. The monoisotopic (exact) mass is 781 g/mol. The van der Waals surface area contributed by atoms with Gasteiger partial charge >= 0.3 is 0 Å². The minimum atomic E-state index is 0.774. The van der Waals surface area contributed by atoms with Crippen LogP contribution in [0.15, 0.2) is 164 Å². The van der Waals surface area contributed by atoms with E-state index in [1.165, 1.54) is 43.6 Å². The number of benzene rings is 5. The van der Waals surface area contributed by atoms with Gasteiger partial charge in [-0.2, -0.15) is 0 Å². The SMILES string of the molecule is N/C=C\c1c(CI)c2ccccc2n1-c1cccc(-c2cccc(-c3cccc(-c4c5ccccc5c(-c5ccccc5)c5ccccc45)n3)n2)n1. The molecule has 0 aliphatic heterocycles. The quantitative estimate of drug-likeness (QED) is 0.0993. The van der Waals surface area contributed by atoms with Gasteiger partial charge in [0.15, 0.2) is 0 Å². The molecule has 4 aromatic heterocycles. The Labute approximate surface area is 315 Å². The third-order valence-corrected chi connectivity index (χ3v) is 10.4. The molecule has 0 bridgehead atoms. The summed E-state index contributed by atoms with van der Waals surface area (Å²) < 4.78 is 3.03. The highest BCUT2D eigenvalue weighted by Gasteiger charge is 2.19. The smallest absolute Gasteiger partial charge is 0.138 e. The number of aromatic nitrogens is 4. The maximum absolute atomic E-state index is 5.95. The molecule has 0 spiro atoms. The van der Waals surface area contributed by atoms with E-state index in [1.807, 2.05) is 48.5 Å². The summed E-state index contributed by atoms with van der Waals surface area (Å²) in [6, 6.07) is 54.7. The molecule has 9 aromatic rings. The van der Waals surface area contributed by atoms with Gasteiger partial charge < -0.3 is 5.73 Å². The van der Waals surface area contributed by atoms with Crippen LogP contribution in [0.2, 0.25) is 0 Å². The van der Waals surface area contributed by atoms with Crippen LogP contribution in [0.3, 0.4) is 0 Å². The molecule has 5 aromatic carbocycles. The summed E-state index contributed by atoms with van der Waals surface area (Å²) in [5.41, 5.74) is 16.9. The van der Waals surface area contributed by atoms with Gasteiger partial charge in [-0.3, -0.25) is 4.57 Å². The Balaban J connectivity index is 1.16. The largest absolute Gasteiger partial charge is 0.405 e. The van der Waals surface area contributed by atoms with E-state index in [2.05, 4.69) is 142 Å². The maximum Gasteiger partial charge on any atom is 0.138 e. The predicted octanol–water partition coefficient (Wildman–Crippen LogP) is 11.7. The number of alkyl halides is 1. The molecule has 0 aliphatic rings. The molecule has 6 heteroatoms. The van der Waals surface area contributed by atoms with Crippen molar-refractivity contribution in [3.05, 3.63) is 175 Å². The van der Waals surface area contributed by atoms with E-state index in [0.29, 0.717) is 0 Å². The molecule has 0 saturated heterocycles. The lowest BCUT2D eigenvalue weighted by molar-refractivity contribution is 1.02. The Bertz CT molecular complexity index is 2750. The van der Waals surface area contributed by atoms with Gasteiger partial charge in [0.2, 0.25) is 0 Å². The van der Waals surface area contributed by atoms with Gasteiger partial charge in [-0.05, 0) is 93.0 Å². The first-order valence-corrected chi connectivity index (χ1v) is 18.7. The summed E-state index contributed by atoms with van der Waals surface area (Å²) in [4.78, 5) is 15.6. The van der Waals surface area contributed by atoms with E-state index in [-0.39, 0.29) is 0 Å². The molecule has 0 saturated carbocycles. The second kappa shape index (κ2) is 13.5. The van der Waals surface area contributed by atoms with E-state index in [1.54, 1.807) is 6.20 Å². The van der Waals surface area contributed by atoms with E-state index >= 15 is 0 Å². The van der Waals surface area contributed by atoms with Crippen LogP contribution in [0.25, 0.3) is 89.5 Å². The molecule has 5 nitrogen and oxygen atoms in total. The van der Waals surface area contributed by atoms with Gasteiger partial charge in [-0.15, -0.1) is 0 Å². The van der Waals surface area contributed by atoms with Crippen LogP contribution < -0.4 is 5.73 Å². The average Bonchev–Trinajstić information content (AvgIpc) is 3.53. The fourth-order valence-electron chi connectivity index (χ4n) is 7.43. The van der Waals surface area contributed by atoms with Gasteiger partial charge in [-0.25, -0.2) is 15.0 Å². The van der Waals surface area contributed by atoms with Crippen LogP contribution in [0, 0.1) is 0 Å². The van der Waals surface area contributed by atoms with Crippen molar-refractivity contribution in [1.82, 2.24) is 19.5 Å². The zero-order valence-electron chi connectivity index (χ0n) is 28.1. The molecule has 0 atom stereocenters. The first-order valence-electron chi connectivity index (χ1n) is 17.2. The second-order valence-electron chi connectivity index (χ2n) is 12.6. The number of pyridine rings is 3. The molecule has 9 rings (SSSR count). The summed E-state index contributed by atoms with van der Waals surface area (Å²) in [7, 11) is 0. The molecule has 0 amide bonds. The number of hydrogen-bond donors (Lipinski definition) is 1. The lowest BCUT2D eigenvalue weighted by Gasteiger charge is -2.17. The lowest BCUT2D eigenvalue weighted by Crippen LogP contribution is -2.02. The van der Waals surface area contributed by atoms with Crippen molar-refractivity contribution in [2.24, 2.45) is 5.73 Å². The number of rotatable bonds is 7. The standard InChI is InChI=1S/C46H32IN5/c47-29-36-31-15-8-9-25-42(31)52(43(36)27-28-48)44-26-12-23-40(51-44)39-21-10-20-37(49-39)38-22-11-24-41(50-38)46-34-18-6-4-16-32(34)45(30-13-2-1-3-14-30)33-17-5-7-19-35(33)46/h1-28H,29,48H2/b28-27-. The van der Waals surface area contributed by atoms with Gasteiger partial charge in [0.05, 0.1) is 39.7 Å². The van der Waals surface area contributed by atoms with Crippen LogP contribution in [-0.2, 0) is 4.43 Å². The summed E-state index contributed by atoms with van der Waals surface area (Å²) >= 11 is 2.42. The zero-order chi connectivity index (χ0) is 35.0. The topological polar surface area (TPSA) is 69.6 Å². The van der Waals surface area contributed by atoms with Crippen LogP contribution in [0.1, 0.15) is 11.3 Å².